The third kappa shape index (κ3) is 4.14. The molecule has 4 rings (SSSR count). The number of aromatic nitrogens is 2. The van der Waals surface area contributed by atoms with Gasteiger partial charge >= 0.3 is 0 Å². The van der Waals surface area contributed by atoms with Crippen molar-refractivity contribution in [1.82, 2.24) is 10.1 Å². The summed E-state index contributed by atoms with van der Waals surface area (Å²) in [5.41, 5.74) is 8.87. The van der Waals surface area contributed by atoms with Crippen LogP contribution in [0.5, 0.6) is 0 Å². The van der Waals surface area contributed by atoms with E-state index in [0.717, 1.165) is 30.4 Å². The summed E-state index contributed by atoms with van der Waals surface area (Å²) in [7, 11) is -3.66. The second kappa shape index (κ2) is 7.78. The van der Waals surface area contributed by atoms with Gasteiger partial charge in [0.05, 0.1) is 10.4 Å². The highest BCUT2D eigenvalue weighted by Crippen LogP contribution is 2.37. The lowest BCUT2D eigenvalue weighted by Gasteiger charge is -2.34. The van der Waals surface area contributed by atoms with Gasteiger partial charge in [-0.15, -0.1) is 12.4 Å². The lowest BCUT2D eigenvalue weighted by Crippen LogP contribution is -2.44. The number of rotatable bonds is 5. The van der Waals surface area contributed by atoms with Gasteiger partial charge < -0.3 is 10.3 Å². The fourth-order valence-electron chi connectivity index (χ4n) is 3.10. The van der Waals surface area contributed by atoms with E-state index in [1.54, 1.807) is 42.5 Å². The number of aryl methyl sites for hydroxylation is 2. The zero-order valence-corrected chi connectivity index (χ0v) is 17.8. The van der Waals surface area contributed by atoms with Crippen LogP contribution in [0.15, 0.2) is 51.9 Å². The van der Waals surface area contributed by atoms with Crippen LogP contribution < -0.4 is 10.5 Å². The molecule has 0 aliphatic heterocycles. The summed E-state index contributed by atoms with van der Waals surface area (Å²) in [5.74, 6) is 0.892. The predicted molar refractivity (Wildman–Crippen MR) is 113 cm³/mol. The van der Waals surface area contributed by atoms with E-state index in [1.165, 1.54) is 0 Å². The van der Waals surface area contributed by atoms with Crippen LogP contribution in [-0.4, -0.2) is 18.6 Å². The Labute approximate surface area is 176 Å². The second-order valence-electron chi connectivity index (χ2n) is 7.36. The summed E-state index contributed by atoms with van der Waals surface area (Å²) in [5, 5.41) is 4.00. The van der Waals surface area contributed by atoms with E-state index < -0.39 is 15.6 Å². The van der Waals surface area contributed by atoms with Crippen LogP contribution in [-0.2, 0) is 15.6 Å². The Morgan fingerprint density at radius 3 is 2.34 bits per heavy atom. The Morgan fingerprint density at radius 2 is 1.76 bits per heavy atom. The first-order valence-electron chi connectivity index (χ1n) is 9.10. The third-order valence-corrected chi connectivity index (χ3v) is 6.67. The Morgan fingerprint density at radius 1 is 1.07 bits per heavy atom. The Kier molecular flexibility index (Phi) is 5.71. The summed E-state index contributed by atoms with van der Waals surface area (Å²) in [6.07, 6.45) is 2.77. The fourth-order valence-corrected chi connectivity index (χ4v) is 4.24. The molecule has 3 aromatic rings. The van der Waals surface area contributed by atoms with Gasteiger partial charge in [-0.1, -0.05) is 11.2 Å². The lowest BCUT2D eigenvalue weighted by atomic mass is 9.77. The minimum absolute atomic E-state index is 0. The van der Waals surface area contributed by atoms with Gasteiger partial charge in [0, 0.05) is 11.3 Å². The van der Waals surface area contributed by atoms with E-state index in [9.17, 15) is 8.42 Å². The van der Waals surface area contributed by atoms with Gasteiger partial charge in [-0.3, -0.25) is 4.72 Å². The van der Waals surface area contributed by atoms with Crippen LogP contribution in [0.3, 0.4) is 0 Å². The van der Waals surface area contributed by atoms with E-state index in [0.29, 0.717) is 23.0 Å². The Hall–Kier alpha value is -2.42. The van der Waals surface area contributed by atoms with Gasteiger partial charge in [0.15, 0.2) is 5.82 Å². The molecule has 9 heteroatoms. The topological polar surface area (TPSA) is 111 Å². The van der Waals surface area contributed by atoms with Crippen molar-refractivity contribution < 1.29 is 12.9 Å². The quantitative estimate of drug-likeness (QED) is 0.629. The number of anilines is 1. The Balaban J connectivity index is 0.00000240. The number of nitrogens with two attached hydrogens (primary N) is 1. The van der Waals surface area contributed by atoms with Gasteiger partial charge in [-0.25, -0.2) is 8.42 Å². The first kappa shape index (κ1) is 21.3. The maximum atomic E-state index is 12.6. The molecule has 0 spiro atoms. The molecular weight excluding hydrogens is 412 g/mol. The van der Waals surface area contributed by atoms with Crippen molar-refractivity contribution in [3.05, 3.63) is 59.4 Å². The standard InChI is InChI=1S/C20H22N4O3S.ClH/c1-13-4-9-17(12-14(13)2)28(25,26)24-16-7-5-15(6-8-16)18-22-19(23-27-18)20(21)10-3-11-20;/h4-9,12,24H,3,10-11,21H2,1-2H3;1H. The highest BCUT2D eigenvalue weighted by Gasteiger charge is 2.39. The molecule has 2 aromatic carbocycles. The molecule has 1 aromatic heterocycles. The minimum Gasteiger partial charge on any atom is -0.334 e. The molecule has 1 saturated carbocycles. The first-order chi connectivity index (χ1) is 13.3. The molecule has 0 saturated heterocycles. The molecule has 1 fully saturated rings. The number of nitrogens with zero attached hydrogens (tertiary/aromatic N) is 2. The highest BCUT2D eigenvalue weighted by molar-refractivity contribution is 7.92. The van der Waals surface area contributed by atoms with Crippen LogP contribution in [0.4, 0.5) is 5.69 Å². The smallest absolute Gasteiger partial charge is 0.261 e. The Bertz CT molecular complexity index is 1120. The molecule has 1 aliphatic carbocycles. The molecule has 0 unspecified atom stereocenters. The molecule has 1 heterocycles. The first-order valence-corrected chi connectivity index (χ1v) is 10.6. The maximum absolute atomic E-state index is 12.6. The van der Waals surface area contributed by atoms with Crippen LogP contribution in [0, 0.1) is 13.8 Å². The number of halogens is 1. The van der Waals surface area contributed by atoms with Crippen LogP contribution in [0.1, 0.15) is 36.2 Å². The normalized spacial score (nSPS) is 15.3. The number of hydrogen-bond donors (Lipinski definition) is 2. The molecule has 1 aliphatic rings. The molecule has 0 radical (unpaired) electrons. The molecular formula is C20H23ClN4O3S. The predicted octanol–water partition coefficient (Wildman–Crippen LogP) is 3.91. The van der Waals surface area contributed by atoms with E-state index in [-0.39, 0.29) is 17.3 Å². The van der Waals surface area contributed by atoms with E-state index >= 15 is 0 Å². The largest absolute Gasteiger partial charge is 0.334 e. The third-order valence-electron chi connectivity index (χ3n) is 5.29. The molecule has 154 valence electrons. The monoisotopic (exact) mass is 434 g/mol. The van der Waals surface area contributed by atoms with E-state index in [2.05, 4.69) is 14.9 Å². The lowest BCUT2D eigenvalue weighted by molar-refractivity contribution is 0.229. The van der Waals surface area contributed by atoms with Crippen molar-refractivity contribution >= 4 is 28.1 Å². The van der Waals surface area contributed by atoms with Crippen LogP contribution in [0.2, 0.25) is 0 Å². The number of benzene rings is 2. The van der Waals surface area contributed by atoms with Crippen molar-refractivity contribution in [2.75, 3.05) is 4.72 Å². The van der Waals surface area contributed by atoms with Crippen LogP contribution in [0.25, 0.3) is 11.5 Å². The summed E-state index contributed by atoms with van der Waals surface area (Å²) >= 11 is 0. The number of nitrogens with one attached hydrogen (secondary N) is 1. The molecule has 0 atom stereocenters. The molecule has 7 nitrogen and oxygen atoms in total. The molecule has 29 heavy (non-hydrogen) atoms. The average Bonchev–Trinajstić information content (AvgIpc) is 3.12. The van der Waals surface area contributed by atoms with Gasteiger partial charge in [-0.2, -0.15) is 4.98 Å². The zero-order valence-electron chi connectivity index (χ0n) is 16.2. The summed E-state index contributed by atoms with van der Waals surface area (Å²) < 4.78 is 33.1. The molecule has 0 bridgehead atoms. The van der Waals surface area contributed by atoms with Gasteiger partial charge in [0.2, 0.25) is 0 Å². The fraction of sp³-hybridized carbons (Fsp3) is 0.300. The van der Waals surface area contributed by atoms with Gasteiger partial charge in [-0.05, 0) is 80.6 Å². The second-order valence-corrected chi connectivity index (χ2v) is 9.04. The SMILES string of the molecule is Cc1ccc(S(=O)(=O)Nc2ccc(-c3nc(C4(N)CCC4)no3)cc2)cc1C.Cl. The van der Waals surface area contributed by atoms with Gasteiger partial charge in [0.25, 0.3) is 15.9 Å². The number of hydrogen-bond acceptors (Lipinski definition) is 6. The molecule has 0 amide bonds. The van der Waals surface area contributed by atoms with Crippen molar-refractivity contribution in [2.45, 2.75) is 43.5 Å². The van der Waals surface area contributed by atoms with Crippen molar-refractivity contribution in [3.8, 4) is 11.5 Å². The van der Waals surface area contributed by atoms with E-state index in [4.69, 9.17) is 10.3 Å². The number of sulfonamides is 1. The van der Waals surface area contributed by atoms with E-state index in [1.807, 2.05) is 13.8 Å². The zero-order chi connectivity index (χ0) is 19.9. The average molecular weight is 435 g/mol. The van der Waals surface area contributed by atoms with Crippen molar-refractivity contribution in [3.63, 3.8) is 0 Å². The van der Waals surface area contributed by atoms with Gasteiger partial charge in [0.1, 0.15) is 0 Å². The summed E-state index contributed by atoms with van der Waals surface area (Å²) in [6.45, 7) is 3.83. The van der Waals surface area contributed by atoms with Crippen molar-refractivity contribution in [1.29, 1.82) is 0 Å². The molecule has 3 N–H and O–H groups in total. The van der Waals surface area contributed by atoms with Crippen LogP contribution >= 0.6 is 12.4 Å². The summed E-state index contributed by atoms with van der Waals surface area (Å²) in [6, 6.07) is 11.9. The van der Waals surface area contributed by atoms with Crippen molar-refractivity contribution in [2.24, 2.45) is 5.73 Å². The minimum atomic E-state index is -3.66. The summed E-state index contributed by atoms with van der Waals surface area (Å²) in [4.78, 5) is 4.63. The highest BCUT2D eigenvalue weighted by atomic mass is 35.5. The maximum Gasteiger partial charge on any atom is 0.261 e.